The quantitative estimate of drug-likeness (QED) is 0.775. The Morgan fingerprint density at radius 1 is 0.966 bits per heavy atom. The molecule has 2 aliphatic heterocycles. The van der Waals surface area contributed by atoms with E-state index in [2.05, 4.69) is 24.0 Å². The van der Waals surface area contributed by atoms with Crippen LogP contribution < -0.4 is 9.64 Å². The van der Waals surface area contributed by atoms with Crippen LogP contribution in [0, 0.1) is 5.92 Å². The SMILES string of the molecule is COc1ccc(C2CCN(c3cccc(C(=O)N4CCC(C)CC4)n3)CC2)cc1. The number of hydrogen-bond donors (Lipinski definition) is 0. The zero-order valence-electron chi connectivity index (χ0n) is 17.5. The van der Waals surface area contributed by atoms with Gasteiger partial charge in [-0.3, -0.25) is 4.79 Å². The van der Waals surface area contributed by atoms with Gasteiger partial charge in [0, 0.05) is 26.2 Å². The molecule has 0 radical (unpaired) electrons. The second-order valence-corrected chi connectivity index (χ2v) is 8.39. The normalized spacial score (nSPS) is 18.7. The Balaban J connectivity index is 1.38. The van der Waals surface area contributed by atoms with E-state index in [9.17, 15) is 4.79 Å². The molecular weight excluding hydrogens is 362 g/mol. The fraction of sp³-hybridized carbons (Fsp3) is 0.500. The van der Waals surface area contributed by atoms with Crippen molar-refractivity contribution in [3.8, 4) is 5.75 Å². The number of nitrogens with zero attached hydrogens (tertiary/aromatic N) is 3. The van der Waals surface area contributed by atoms with Gasteiger partial charge < -0.3 is 14.5 Å². The summed E-state index contributed by atoms with van der Waals surface area (Å²) in [6.07, 6.45) is 4.36. The Labute approximate surface area is 173 Å². The fourth-order valence-electron chi connectivity index (χ4n) is 4.41. The van der Waals surface area contributed by atoms with Gasteiger partial charge in [-0.2, -0.15) is 0 Å². The number of rotatable bonds is 4. The van der Waals surface area contributed by atoms with E-state index in [0.29, 0.717) is 17.5 Å². The summed E-state index contributed by atoms with van der Waals surface area (Å²) in [5.41, 5.74) is 1.95. The molecule has 0 unspecified atom stereocenters. The smallest absolute Gasteiger partial charge is 0.272 e. The molecule has 154 valence electrons. The number of hydrogen-bond acceptors (Lipinski definition) is 4. The van der Waals surface area contributed by atoms with E-state index in [-0.39, 0.29) is 5.91 Å². The second kappa shape index (κ2) is 8.85. The first-order valence-electron chi connectivity index (χ1n) is 10.8. The molecule has 3 heterocycles. The van der Waals surface area contributed by atoms with Crippen LogP contribution in [0.15, 0.2) is 42.5 Å². The van der Waals surface area contributed by atoms with Gasteiger partial charge in [-0.15, -0.1) is 0 Å². The van der Waals surface area contributed by atoms with Gasteiger partial charge in [-0.25, -0.2) is 4.98 Å². The van der Waals surface area contributed by atoms with Gasteiger partial charge in [-0.05, 0) is 67.3 Å². The number of pyridine rings is 1. The van der Waals surface area contributed by atoms with E-state index in [1.807, 2.05) is 35.2 Å². The summed E-state index contributed by atoms with van der Waals surface area (Å²) in [6, 6.07) is 14.3. The molecular formula is C24H31N3O2. The summed E-state index contributed by atoms with van der Waals surface area (Å²) >= 11 is 0. The van der Waals surface area contributed by atoms with Gasteiger partial charge in [-0.1, -0.05) is 25.1 Å². The first kappa shape index (κ1) is 19.7. The average Bonchev–Trinajstić information content (AvgIpc) is 2.79. The van der Waals surface area contributed by atoms with Crippen molar-refractivity contribution in [1.29, 1.82) is 0 Å². The number of ether oxygens (including phenoxy) is 1. The van der Waals surface area contributed by atoms with Crippen LogP contribution in [0.25, 0.3) is 0 Å². The fourth-order valence-corrected chi connectivity index (χ4v) is 4.41. The Bertz CT molecular complexity index is 820. The number of aromatic nitrogens is 1. The summed E-state index contributed by atoms with van der Waals surface area (Å²) < 4.78 is 5.26. The summed E-state index contributed by atoms with van der Waals surface area (Å²) in [4.78, 5) is 21.9. The largest absolute Gasteiger partial charge is 0.497 e. The molecule has 1 aromatic heterocycles. The minimum absolute atomic E-state index is 0.0758. The maximum Gasteiger partial charge on any atom is 0.272 e. The van der Waals surface area contributed by atoms with Crippen molar-refractivity contribution in [1.82, 2.24) is 9.88 Å². The number of amides is 1. The molecule has 2 fully saturated rings. The molecule has 0 bridgehead atoms. The Morgan fingerprint density at radius 2 is 1.66 bits per heavy atom. The van der Waals surface area contributed by atoms with Crippen molar-refractivity contribution in [3.05, 3.63) is 53.7 Å². The topological polar surface area (TPSA) is 45.7 Å². The third-order valence-electron chi connectivity index (χ3n) is 6.43. The van der Waals surface area contributed by atoms with Crippen LogP contribution in [-0.4, -0.2) is 49.1 Å². The lowest BCUT2D eigenvalue weighted by Crippen LogP contribution is -2.38. The molecule has 1 amide bonds. The van der Waals surface area contributed by atoms with E-state index >= 15 is 0 Å². The molecule has 0 atom stereocenters. The maximum atomic E-state index is 12.9. The van der Waals surface area contributed by atoms with Gasteiger partial charge in [0.2, 0.25) is 0 Å². The van der Waals surface area contributed by atoms with Gasteiger partial charge in [0.05, 0.1) is 7.11 Å². The number of benzene rings is 1. The van der Waals surface area contributed by atoms with E-state index in [1.54, 1.807) is 7.11 Å². The van der Waals surface area contributed by atoms with E-state index in [1.165, 1.54) is 5.56 Å². The Morgan fingerprint density at radius 3 is 2.31 bits per heavy atom. The molecule has 0 N–H and O–H groups in total. The highest BCUT2D eigenvalue weighted by Gasteiger charge is 2.25. The van der Waals surface area contributed by atoms with Crippen LogP contribution in [0.1, 0.15) is 54.6 Å². The van der Waals surface area contributed by atoms with Crippen molar-refractivity contribution in [3.63, 3.8) is 0 Å². The molecule has 0 spiro atoms. The average molecular weight is 394 g/mol. The molecule has 2 aromatic rings. The lowest BCUT2D eigenvalue weighted by Gasteiger charge is -2.33. The number of likely N-dealkylation sites (tertiary alicyclic amines) is 1. The lowest BCUT2D eigenvalue weighted by atomic mass is 9.89. The lowest BCUT2D eigenvalue weighted by molar-refractivity contribution is 0.0691. The van der Waals surface area contributed by atoms with Crippen molar-refractivity contribution < 1.29 is 9.53 Å². The van der Waals surface area contributed by atoms with Crippen LogP contribution in [-0.2, 0) is 0 Å². The van der Waals surface area contributed by atoms with Crippen molar-refractivity contribution in [2.75, 3.05) is 38.2 Å². The molecule has 0 saturated carbocycles. The first-order chi connectivity index (χ1) is 14.1. The van der Waals surface area contributed by atoms with Crippen LogP contribution >= 0.6 is 0 Å². The predicted octanol–water partition coefficient (Wildman–Crippen LogP) is 4.35. The molecule has 29 heavy (non-hydrogen) atoms. The molecule has 2 aliphatic rings. The van der Waals surface area contributed by atoms with Crippen LogP contribution in [0.3, 0.4) is 0 Å². The van der Waals surface area contributed by atoms with Gasteiger partial charge >= 0.3 is 0 Å². The van der Waals surface area contributed by atoms with Gasteiger partial charge in [0.1, 0.15) is 17.3 Å². The maximum absolute atomic E-state index is 12.9. The molecule has 0 aliphatic carbocycles. The van der Waals surface area contributed by atoms with E-state index < -0.39 is 0 Å². The summed E-state index contributed by atoms with van der Waals surface area (Å²) in [5, 5.41) is 0. The van der Waals surface area contributed by atoms with Crippen molar-refractivity contribution >= 4 is 11.7 Å². The highest BCUT2D eigenvalue weighted by Crippen LogP contribution is 2.31. The zero-order chi connectivity index (χ0) is 20.2. The number of anilines is 1. The molecule has 2 saturated heterocycles. The predicted molar refractivity (Wildman–Crippen MR) is 116 cm³/mol. The van der Waals surface area contributed by atoms with Crippen LogP contribution in [0.4, 0.5) is 5.82 Å². The summed E-state index contributed by atoms with van der Waals surface area (Å²) in [5.74, 6) is 3.18. The highest BCUT2D eigenvalue weighted by molar-refractivity contribution is 5.92. The second-order valence-electron chi connectivity index (χ2n) is 8.39. The molecule has 5 heteroatoms. The van der Waals surface area contributed by atoms with Crippen molar-refractivity contribution in [2.45, 2.75) is 38.5 Å². The van der Waals surface area contributed by atoms with E-state index in [4.69, 9.17) is 9.72 Å². The molecule has 1 aromatic carbocycles. The van der Waals surface area contributed by atoms with Crippen molar-refractivity contribution in [2.24, 2.45) is 5.92 Å². The number of carbonyl (C=O) groups excluding carboxylic acids is 1. The number of carbonyl (C=O) groups is 1. The first-order valence-corrected chi connectivity index (χ1v) is 10.8. The number of piperidine rings is 2. The molecule has 4 rings (SSSR count). The van der Waals surface area contributed by atoms with Gasteiger partial charge in [0.25, 0.3) is 5.91 Å². The minimum Gasteiger partial charge on any atom is -0.497 e. The Kier molecular flexibility index (Phi) is 6.02. The van der Waals surface area contributed by atoms with E-state index in [0.717, 1.165) is 63.4 Å². The number of methoxy groups -OCH3 is 1. The van der Waals surface area contributed by atoms with Crippen LogP contribution in [0.2, 0.25) is 0 Å². The summed E-state index contributed by atoms with van der Waals surface area (Å²) in [7, 11) is 1.70. The van der Waals surface area contributed by atoms with Crippen LogP contribution in [0.5, 0.6) is 5.75 Å². The third kappa shape index (κ3) is 4.55. The summed E-state index contributed by atoms with van der Waals surface area (Å²) in [6.45, 7) is 5.87. The highest BCUT2D eigenvalue weighted by atomic mass is 16.5. The zero-order valence-corrected chi connectivity index (χ0v) is 17.5. The standard InChI is InChI=1S/C24H31N3O2/c1-18-10-14-27(15-11-18)24(28)22-4-3-5-23(25-22)26-16-12-20(13-17-26)19-6-8-21(29-2)9-7-19/h3-9,18,20H,10-17H2,1-2H3. The monoisotopic (exact) mass is 393 g/mol. The minimum atomic E-state index is 0.0758. The Hall–Kier alpha value is -2.56. The third-order valence-corrected chi connectivity index (χ3v) is 6.43. The molecule has 5 nitrogen and oxygen atoms in total. The van der Waals surface area contributed by atoms with Gasteiger partial charge in [0.15, 0.2) is 0 Å².